The predicted molar refractivity (Wildman–Crippen MR) is 95.3 cm³/mol. The first kappa shape index (κ1) is 17.3. The van der Waals surface area contributed by atoms with Gasteiger partial charge in [-0.2, -0.15) is 5.10 Å². The highest BCUT2D eigenvalue weighted by molar-refractivity contribution is 7.99. The average Bonchev–Trinajstić information content (AvgIpc) is 3.38. The molecule has 0 aromatic carbocycles. The van der Waals surface area contributed by atoms with Gasteiger partial charge in [-0.05, 0) is 22.6 Å². The molecule has 1 amide bonds. The van der Waals surface area contributed by atoms with Gasteiger partial charge < -0.3 is 9.80 Å². The van der Waals surface area contributed by atoms with Crippen LogP contribution in [0.3, 0.4) is 0 Å². The number of nitrogens with zero attached hydrogens (tertiary/aromatic N) is 11. The molecule has 4 heterocycles. The van der Waals surface area contributed by atoms with Gasteiger partial charge in [-0.15, -0.1) is 15.3 Å². The molecule has 0 bridgehead atoms. The van der Waals surface area contributed by atoms with Crippen LogP contribution in [0.15, 0.2) is 29.9 Å². The summed E-state index contributed by atoms with van der Waals surface area (Å²) in [6, 6.07) is 3.75. The summed E-state index contributed by atoms with van der Waals surface area (Å²) in [7, 11) is 1.75. The summed E-state index contributed by atoms with van der Waals surface area (Å²) in [6.07, 6.45) is 3.02. The highest BCUT2D eigenvalue weighted by atomic mass is 32.2. The van der Waals surface area contributed by atoms with Crippen LogP contribution in [0.25, 0.3) is 5.82 Å². The van der Waals surface area contributed by atoms with E-state index in [0.29, 0.717) is 42.9 Å². The molecule has 0 aliphatic carbocycles. The van der Waals surface area contributed by atoms with Crippen molar-refractivity contribution in [1.29, 1.82) is 0 Å². The maximum Gasteiger partial charge on any atom is 0.233 e. The first-order chi connectivity index (χ1) is 13.2. The predicted octanol–water partition coefficient (Wildman–Crippen LogP) is -0.978. The smallest absolute Gasteiger partial charge is 0.233 e. The number of anilines is 1. The van der Waals surface area contributed by atoms with E-state index in [1.54, 1.807) is 22.7 Å². The summed E-state index contributed by atoms with van der Waals surface area (Å²) in [4.78, 5) is 20.2. The standard InChI is InChI=1S/C14H17N11OS/c1-22-14(19-20-21-22)27-8-13(26)24-6-4-23(5-7-24)11-2-3-12(18-17-11)25-10-15-9-16-25/h2-3,9-10H,4-8H2,1H3. The number of thioether (sulfide) groups is 1. The number of carbonyl (C=O) groups is 1. The number of aromatic nitrogens is 9. The van der Waals surface area contributed by atoms with Crippen LogP contribution in [0.5, 0.6) is 0 Å². The maximum absolute atomic E-state index is 12.4. The number of piperazine rings is 1. The van der Waals surface area contributed by atoms with Crippen molar-refractivity contribution < 1.29 is 4.79 Å². The number of hydrogen-bond donors (Lipinski definition) is 0. The van der Waals surface area contributed by atoms with Crippen molar-refractivity contribution in [2.24, 2.45) is 7.05 Å². The normalized spacial score (nSPS) is 14.6. The van der Waals surface area contributed by atoms with Crippen molar-refractivity contribution in [1.82, 2.24) is 50.1 Å². The second-order valence-electron chi connectivity index (χ2n) is 5.83. The van der Waals surface area contributed by atoms with E-state index >= 15 is 0 Å². The van der Waals surface area contributed by atoms with E-state index < -0.39 is 0 Å². The Morgan fingerprint density at radius 3 is 2.52 bits per heavy atom. The number of tetrazole rings is 1. The summed E-state index contributed by atoms with van der Waals surface area (Å²) in [5, 5.41) is 24.3. The van der Waals surface area contributed by atoms with Crippen molar-refractivity contribution in [3.05, 3.63) is 24.8 Å². The second kappa shape index (κ2) is 7.65. The molecule has 0 saturated carbocycles. The Balaban J connectivity index is 1.29. The lowest BCUT2D eigenvalue weighted by Crippen LogP contribution is -2.49. The van der Waals surface area contributed by atoms with Gasteiger partial charge in [0.25, 0.3) is 0 Å². The molecule has 0 spiro atoms. The fraction of sp³-hybridized carbons (Fsp3) is 0.429. The zero-order valence-corrected chi connectivity index (χ0v) is 15.4. The first-order valence-electron chi connectivity index (χ1n) is 8.27. The van der Waals surface area contributed by atoms with Gasteiger partial charge in [-0.25, -0.2) is 14.3 Å². The van der Waals surface area contributed by atoms with Crippen molar-refractivity contribution in [3.63, 3.8) is 0 Å². The van der Waals surface area contributed by atoms with E-state index in [1.165, 1.54) is 18.1 Å². The lowest BCUT2D eigenvalue weighted by molar-refractivity contribution is -0.128. The van der Waals surface area contributed by atoms with Crippen LogP contribution in [-0.4, -0.2) is 87.9 Å². The SMILES string of the molecule is Cn1nnnc1SCC(=O)N1CCN(c2ccc(-n3cncn3)nn2)CC1. The molecule has 1 aliphatic rings. The third-order valence-electron chi connectivity index (χ3n) is 4.15. The molecule has 1 fully saturated rings. The zero-order valence-electron chi connectivity index (χ0n) is 14.6. The molecule has 27 heavy (non-hydrogen) atoms. The van der Waals surface area contributed by atoms with Crippen LogP contribution < -0.4 is 4.90 Å². The van der Waals surface area contributed by atoms with E-state index in [2.05, 4.69) is 40.7 Å². The minimum atomic E-state index is 0.0789. The van der Waals surface area contributed by atoms with Crippen molar-refractivity contribution in [3.8, 4) is 5.82 Å². The molecule has 1 aliphatic heterocycles. The third kappa shape index (κ3) is 3.86. The van der Waals surface area contributed by atoms with E-state index in [0.717, 1.165) is 5.82 Å². The summed E-state index contributed by atoms with van der Waals surface area (Å²) >= 11 is 1.34. The average molecular weight is 387 g/mol. The number of rotatable bonds is 5. The summed E-state index contributed by atoms with van der Waals surface area (Å²) in [5.41, 5.74) is 0. The van der Waals surface area contributed by atoms with Gasteiger partial charge in [0.1, 0.15) is 12.7 Å². The molecule has 140 valence electrons. The van der Waals surface area contributed by atoms with Gasteiger partial charge in [-0.3, -0.25) is 4.79 Å². The molecule has 0 N–H and O–H groups in total. The fourth-order valence-electron chi connectivity index (χ4n) is 2.68. The lowest BCUT2D eigenvalue weighted by atomic mass is 10.3. The van der Waals surface area contributed by atoms with Gasteiger partial charge in [-0.1, -0.05) is 11.8 Å². The zero-order chi connectivity index (χ0) is 18.6. The van der Waals surface area contributed by atoms with E-state index in [4.69, 9.17) is 0 Å². The second-order valence-corrected chi connectivity index (χ2v) is 6.77. The molecule has 3 aromatic heterocycles. The Kier molecular flexibility index (Phi) is 4.91. The Morgan fingerprint density at radius 2 is 1.89 bits per heavy atom. The Hall–Kier alpha value is -3.09. The fourth-order valence-corrected chi connectivity index (χ4v) is 3.43. The molecule has 0 atom stereocenters. The van der Waals surface area contributed by atoms with Crippen LogP contribution in [0, 0.1) is 0 Å². The molecule has 1 saturated heterocycles. The van der Waals surface area contributed by atoms with Crippen LogP contribution in [0.2, 0.25) is 0 Å². The minimum Gasteiger partial charge on any atom is -0.352 e. The van der Waals surface area contributed by atoms with Crippen LogP contribution in [-0.2, 0) is 11.8 Å². The number of hydrogen-bond acceptors (Lipinski definition) is 10. The Labute approximate surface area is 158 Å². The van der Waals surface area contributed by atoms with Gasteiger partial charge in [0.15, 0.2) is 11.6 Å². The van der Waals surface area contributed by atoms with Crippen molar-refractivity contribution in [2.45, 2.75) is 5.16 Å². The maximum atomic E-state index is 12.4. The molecular weight excluding hydrogens is 370 g/mol. The van der Waals surface area contributed by atoms with Gasteiger partial charge >= 0.3 is 0 Å². The van der Waals surface area contributed by atoms with E-state index in [1.807, 2.05) is 17.0 Å². The highest BCUT2D eigenvalue weighted by Gasteiger charge is 2.22. The largest absolute Gasteiger partial charge is 0.352 e. The molecule has 3 aromatic rings. The summed E-state index contributed by atoms with van der Waals surface area (Å²) in [6.45, 7) is 2.70. The van der Waals surface area contributed by atoms with Crippen LogP contribution in [0.4, 0.5) is 5.82 Å². The number of amides is 1. The lowest BCUT2D eigenvalue weighted by Gasteiger charge is -2.35. The van der Waals surface area contributed by atoms with Crippen molar-refractivity contribution in [2.75, 3.05) is 36.8 Å². The van der Waals surface area contributed by atoms with Crippen LogP contribution in [0.1, 0.15) is 0 Å². The molecule has 0 unspecified atom stereocenters. The van der Waals surface area contributed by atoms with Gasteiger partial charge in [0.2, 0.25) is 11.1 Å². The molecule has 13 heteroatoms. The monoisotopic (exact) mass is 387 g/mol. The Bertz CT molecular complexity index is 886. The Morgan fingerprint density at radius 1 is 1.11 bits per heavy atom. The van der Waals surface area contributed by atoms with Crippen molar-refractivity contribution >= 4 is 23.5 Å². The van der Waals surface area contributed by atoms with Gasteiger partial charge in [0, 0.05) is 33.2 Å². The van der Waals surface area contributed by atoms with E-state index in [-0.39, 0.29) is 5.91 Å². The third-order valence-corrected chi connectivity index (χ3v) is 5.15. The van der Waals surface area contributed by atoms with Crippen LogP contribution >= 0.6 is 11.8 Å². The summed E-state index contributed by atoms with van der Waals surface area (Å²) < 4.78 is 3.11. The molecule has 0 radical (unpaired) electrons. The molecule has 12 nitrogen and oxygen atoms in total. The highest BCUT2D eigenvalue weighted by Crippen LogP contribution is 2.16. The quantitative estimate of drug-likeness (QED) is 0.505. The van der Waals surface area contributed by atoms with E-state index in [9.17, 15) is 4.79 Å². The first-order valence-corrected chi connectivity index (χ1v) is 9.26. The summed E-state index contributed by atoms with van der Waals surface area (Å²) in [5.74, 6) is 1.79. The number of carbonyl (C=O) groups excluding carboxylic acids is 1. The number of aryl methyl sites for hydroxylation is 1. The molecular formula is C14H17N11OS. The molecule has 4 rings (SSSR count). The van der Waals surface area contributed by atoms with Gasteiger partial charge in [0.05, 0.1) is 5.75 Å². The topological polar surface area (TPSA) is 124 Å². The minimum absolute atomic E-state index is 0.0789.